The summed E-state index contributed by atoms with van der Waals surface area (Å²) in [5, 5.41) is 0. The van der Waals surface area contributed by atoms with Crippen LogP contribution in [0.25, 0.3) is 22.7 Å². The van der Waals surface area contributed by atoms with E-state index in [1.54, 1.807) is 6.07 Å². The van der Waals surface area contributed by atoms with Crippen LogP contribution in [-0.2, 0) is 0 Å². The van der Waals surface area contributed by atoms with Gasteiger partial charge in [0.1, 0.15) is 5.52 Å². The minimum absolute atomic E-state index is 0.213. The first-order chi connectivity index (χ1) is 8.15. The monoisotopic (exact) mass is 232 g/mol. The number of fused-ring (bicyclic) bond motifs is 1. The van der Waals surface area contributed by atoms with Crippen molar-refractivity contribution in [3.05, 3.63) is 38.7 Å². The number of furan rings is 1. The third kappa shape index (κ3) is 1.40. The van der Waals surface area contributed by atoms with E-state index in [2.05, 4.69) is 19.9 Å². The normalized spacial score (nSPS) is 11.1. The minimum atomic E-state index is -0.586. The molecular weight excluding hydrogens is 224 g/mol. The predicted molar refractivity (Wildman–Crippen MR) is 59.8 cm³/mol. The highest BCUT2D eigenvalue weighted by Crippen LogP contribution is 2.21. The van der Waals surface area contributed by atoms with Gasteiger partial charge in [0.05, 0.1) is 6.26 Å². The number of aromatic nitrogens is 4. The molecule has 0 saturated heterocycles. The molecule has 0 bridgehead atoms. The Balaban J connectivity index is 2.35. The topological polar surface area (TPSA) is 108 Å². The molecule has 0 aromatic carbocycles. The number of aryl methyl sites for hydroxylation is 1. The van der Waals surface area contributed by atoms with Gasteiger partial charge in [0.25, 0.3) is 5.56 Å². The molecule has 3 N–H and O–H groups in total. The zero-order valence-corrected chi connectivity index (χ0v) is 8.83. The summed E-state index contributed by atoms with van der Waals surface area (Å²) in [7, 11) is 0. The fourth-order valence-corrected chi connectivity index (χ4v) is 1.66. The lowest BCUT2D eigenvalue weighted by molar-refractivity contribution is 0.577. The smallest absolute Gasteiger partial charge is 0.327 e. The van der Waals surface area contributed by atoms with E-state index in [0.29, 0.717) is 11.6 Å². The van der Waals surface area contributed by atoms with Gasteiger partial charge in [-0.25, -0.2) is 9.78 Å². The van der Waals surface area contributed by atoms with Crippen molar-refractivity contribution in [2.24, 2.45) is 0 Å². The second-order valence-corrected chi connectivity index (χ2v) is 3.65. The van der Waals surface area contributed by atoms with E-state index < -0.39 is 11.2 Å². The van der Waals surface area contributed by atoms with Gasteiger partial charge in [-0.05, 0) is 18.6 Å². The van der Waals surface area contributed by atoms with Gasteiger partial charge in [-0.2, -0.15) is 0 Å². The molecule has 7 nitrogen and oxygen atoms in total. The van der Waals surface area contributed by atoms with E-state index >= 15 is 0 Å². The Hall–Kier alpha value is -2.57. The van der Waals surface area contributed by atoms with Crippen LogP contribution in [0.4, 0.5) is 0 Å². The van der Waals surface area contributed by atoms with E-state index in [1.165, 1.54) is 6.26 Å². The zero-order valence-electron chi connectivity index (χ0n) is 8.83. The summed E-state index contributed by atoms with van der Waals surface area (Å²) in [4.78, 5) is 34.1. The van der Waals surface area contributed by atoms with Gasteiger partial charge in [-0.3, -0.25) is 14.8 Å². The fraction of sp³-hybridized carbons (Fsp3) is 0.100. The van der Waals surface area contributed by atoms with Crippen LogP contribution in [-0.4, -0.2) is 19.9 Å². The summed E-state index contributed by atoms with van der Waals surface area (Å²) in [5.41, 5.74) is 0.228. The van der Waals surface area contributed by atoms with Gasteiger partial charge in [-0.1, -0.05) is 0 Å². The van der Waals surface area contributed by atoms with Gasteiger partial charge < -0.3 is 9.40 Å². The van der Waals surface area contributed by atoms with Crippen molar-refractivity contribution in [3.8, 4) is 11.6 Å². The minimum Gasteiger partial charge on any atom is -0.461 e. The number of hydrogen-bond acceptors (Lipinski definition) is 4. The van der Waals surface area contributed by atoms with Gasteiger partial charge in [0.15, 0.2) is 17.2 Å². The number of nitrogens with one attached hydrogen (secondary N) is 3. The Bertz CT molecular complexity index is 805. The number of nitrogens with zero attached hydrogens (tertiary/aromatic N) is 1. The first kappa shape index (κ1) is 9.64. The van der Waals surface area contributed by atoms with Gasteiger partial charge in [-0.15, -0.1) is 0 Å². The number of rotatable bonds is 1. The molecule has 0 atom stereocenters. The standard InChI is InChI=1S/C10H8N4O3/c1-4-2-3-17-6(4)8-11-5-7(12-8)13-10(16)14-9(5)15/h2-3H,1H3,(H3,11,12,13,14,15,16). The molecule has 3 aromatic heterocycles. The van der Waals surface area contributed by atoms with Crippen molar-refractivity contribution in [2.45, 2.75) is 6.92 Å². The highest BCUT2D eigenvalue weighted by Gasteiger charge is 2.13. The number of imidazole rings is 1. The third-order valence-corrected chi connectivity index (χ3v) is 2.47. The van der Waals surface area contributed by atoms with Crippen LogP contribution >= 0.6 is 0 Å². The second kappa shape index (κ2) is 3.21. The first-order valence-corrected chi connectivity index (χ1v) is 4.92. The molecule has 3 rings (SSSR count). The molecule has 0 amide bonds. The van der Waals surface area contributed by atoms with Crippen LogP contribution in [0.2, 0.25) is 0 Å². The molecule has 0 unspecified atom stereocenters. The third-order valence-electron chi connectivity index (χ3n) is 2.47. The van der Waals surface area contributed by atoms with Crippen LogP contribution in [0.5, 0.6) is 0 Å². The SMILES string of the molecule is Cc1ccoc1-c1nc2[nH]c(=O)[nH]c(=O)c2[nH]1. The summed E-state index contributed by atoms with van der Waals surface area (Å²) in [6.45, 7) is 1.86. The Kier molecular flexibility index (Phi) is 1.82. The molecule has 17 heavy (non-hydrogen) atoms. The molecule has 0 fully saturated rings. The van der Waals surface area contributed by atoms with Gasteiger partial charge in [0, 0.05) is 0 Å². The van der Waals surface area contributed by atoms with Crippen LogP contribution < -0.4 is 11.2 Å². The first-order valence-electron chi connectivity index (χ1n) is 4.92. The molecule has 86 valence electrons. The van der Waals surface area contributed by atoms with Crippen LogP contribution in [0.3, 0.4) is 0 Å². The molecule has 0 saturated carbocycles. The molecule has 0 aliphatic rings. The summed E-state index contributed by atoms with van der Waals surface area (Å²) in [6, 6.07) is 1.79. The average molecular weight is 232 g/mol. The molecule has 0 spiro atoms. The van der Waals surface area contributed by atoms with Crippen molar-refractivity contribution in [1.82, 2.24) is 19.9 Å². The lowest BCUT2D eigenvalue weighted by Gasteiger charge is -1.90. The Morgan fingerprint density at radius 2 is 2.06 bits per heavy atom. The molecule has 3 aromatic rings. The average Bonchev–Trinajstić information content (AvgIpc) is 2.83. The maximum Gasteiger partial charge on any atom is 0.327 e. The van der Waals surface area contributed by atoms with Gasteiger partial charge >= 0.3 is 5.69 Å². The number of H-pyrrole nitrogens is 3. The summed E-state index contributed by atoms with van der Waals surface area (Å²) >= 11 is 0. The highest BCUT2D eigenvalue weighted by atomic mass is 16.3. The molecular formula is C10H8N4O3. The quantitative estimate of drug-likeness (QED) is 0.568. The van der Waals surface area contributed by atoms with Crippen LogP contribution in [0.15, 0.2) is 26.3 Å². The zero-order chi connectivity index (χ0) is 12.0. The van der Waals surface area contributed by atoms with Crippen molar-refractivity contribution < 1.29 is 4.42 Å². The molecule has 0 aliphatic carbocycles. The molecule has 0 radical (unpaired) electrons. The van der Waals surface area contributed by atoms with Gasteiger partial charge in [0.2, 0.25) is 0 Å². The summed E-state index contributed by atoms with van der Waals surface area (Å²) in [6.07, 6.45) is 1.53. The lowest BCUT2D eigenvalue weighted by Crippen LogP contribution is -2.21. The Labute approximate surface area is 93.5 Å². The lowest BCUT2D eigenvalue weighted by atomic mass is 10.3. The van der Waals surface area contributed by atoms with E-state index in [1.807, 2.05) is 6.92 Å². The molecule has 7 heteroatoms. The number of aromatic amines is 3. The molecule has 0 aliphatic heterocycles. The Morgan fingerprint density at radius 1 is 1.24 bits per heavy atom. The Morgan fingerprint density at radius 3 is 2.76 bits per heavy atom. The van der Waals surface area contributed by atoms with E-state index in [9.17, 15) is 9.59 Å². The molecule has 3 heterocycles. The van der Waals surface area contributed by atoms with E-state index in [4.69, 9.17) is 4.42 Å². The van der Waals surface area contributed by atoms with Crippen LogP contribution in [0, 0.1) is 6.92 Å². The maximum absolute atomic E-state index is 11.5. The largest absolute Gasteiger partial charge is 0.461 e. The van der Waals surface area contributed by atoms with E-state index in [0.717, 1.165) is 5.56 Å². The van der Waals surface area contributed by atoms with Crippen molar-refractivity contribution in [3.63, 3.8) is 0 Å². The van der Waals surface area contributed by atoms with E-state index in [-0.39, 0.29) is 11.2 Å². The highest BCUT2D eigenvalue weighted by molar-refractivity contribution is 5.73. The summed E-state index contributed by atoms with van der Waals surface area (Å²) < 4.78 is 5.25. The second-order valence-electron chi connectivity index (χ2n) is 3.65. The maximum atomic E-state index is 11.5. The van der Waals surface area contributed by atoms with Crippen molar-refractivity contribution in [2.75, 3.05) is 0 Å². The van der Waals surface area contributed by atoms with Crippen molar-refractivity contribution in [1.29, 1.82) is 0 Å². The predicted octanol–water partition coefficient (Wildman–Crippen LogP) is 0.508. The summed E-state index contributed by atoms with van der Waals surface area (Å²) in [5.74, 6) is 0.955. The van der Waals surface area contributed by atoms with Crippen molar-refractivity contribution >= 4 is 11.2 Å². The fourth-order valence-electron chi connectivity index (χ4n) is 1.66. The number of hydrogen-bond donors (Lipinski definition) is 3. The van der Waals surface area contributed by atoms with Crippen LogP contribution in [0.1, 0.15) is 5.56 Å².